The van der Waals surface area contributed by atoms with E-state index in [9.17, 15) is 0 Å². The lowest BCUT2D eigenvalue weighted by atomic mass is 9.78. The lowest BCUT2D eigenvalue weighted by molar-refractivity contribution is 0.659. The molecule has 0 heterocycles. The van der Waals surface area contributed by atoms with Crippen molar-refractivity contribution in [3.63, 3.8) is 0 Å². The van der Waals surface area contributed by atoms with Crippen LogP contribution in [0.3, 0.4) is 0 Å². The largest absolute Gasteiger partial charge is 0.143 e. The number of hydrogen-bond acceptors (Lipinski definition) is 2. The first-order valence-corrected chi connectivity index (χ1v) is 16.9. The molecular formula is C44H34S2. The summed E-state index contributed by atoms with van der Waals surface area (Å²) in [5.41, 5.74) is 15.5. The van der Waals surface area contributed by atoms with E-state index in [1.165, 1.54) is 88.3 Å². The second-order valence-electron chi connectivity index (χ2n) is 14.1. The van der Waals surface area contributed by atoms with E-state index >= 15 is 0 Å². The van der Waals surface area contributed by atoms with E-state index in [1.807, 2.05) is 0 Å². The summed E-state index contributed by atoms with van der Waals surface area (Å²) in [6.45, 7) is 9.44. The fourth-order valence-corrected chi connectivity index (χ4v) is 8.89. The van der Waals surface area contributed by atoms with Gasteiger partial charge in [-0.15, -0.1) is 25.3 Å². The molecule has 7 aromatic carbocycles. The highest BCUT2D eigenvalue weighted by Crippen LogP contribution is 2.56. The first-order valence-electron chi connectivity index (χ1n) is 16.1. The first kappa shape index (κ1) is 28.0. The number of fused-ring (bicyclic) bond motifs is 8. The zero-order valence-electron chi connectivity index (χ0n) is 26.4. The van der Waals surface area contributed by atoms with Gasteiger partial charge in [0, 0.05) is 20.6 Å². The second-order valence-corrected chi connectivity index (χ2v) is 15.1. The summed E-state index contributed by atoms with van der Waals surface area (Å²) >= 11 is 9.49. The van der Waals surface area contributed by atoms with Gasteiger partial charge in [-0.3, -0.25) is 0 Å². The van der Waals surface area contributed by atoms with Crippen LogP contribution in [0, 0.1) is 0 Å². The molecule has 0 aliphatic heterocycles. The third-order valence-corrected chi connectivity index (χ3v) is 11.4. The van der Waals surface area contributed by atoms with Gasteiger partial charge in [0.2, 0.25) is 0 Å². The van der Waals surface area contributed by atoms with Crippen LogP contribution in [0.1, 0.15) is 49.9 Å². The Hall–Kier alpha value is -4.24. The van der Waals surface area contributed by atoms with E-state index < -0.39 is 0 Å². The zero-order chi connectivity index (χ0) is 31.5. The molecule has 0 atom stereocenters. The van der Waals surface area contributed by atoms with Gasteiger partial charge in [-0.05, 0) is 137 Å². The Balaban J connectivity index is 1.51. The minimum atomic E-state index is -0.140. The van der Waals surface area contributed by atoms with Crippen LogP contribution in [-0.2, 0) is 10.8 Å². The Bertz CT molecular complexity index is 2240. The molecule has 2 aliphatic carbocycles. The normalized spacial score (nSPS) is 15.1. The molecule has 0 spiro atoms. The van der Waals surface area contributed by atoms with Crippen LogP contribution in [0.15, 0.2) is 131 Å². The molecule has 2 aliphatic rings. The third-order valence-electron chi connectivity index (χ3n) is 10.8. The summed E-state index contributed by atoms with van der Waals surface area (Å²) in [5.74, 6) is 0. The van der Waals surface area contributed by atoms with Gasteiger partial charge in [-0.1, -0.05) is 100 Å². The molecule has 222 valence electrons. The molecule has 0 saturated heterocycles. The predicted molar refractivity (Wildman–Crippen MR) is 202 cm³/mol. The van der Waals surface area contributed by atoms with Crippen molar-refractivity contribution in [1.29, 1.82) is 0 Å². The average molecular weight is 627 g/mol. The number of benzene rings is 7. The van der Waals surface area contributed by atoms with Crippen molar-refractivity contribution >= 4 is 46.8 Å². The summed E-state index contributed by atoms with van der Waals surface area (Å²) in [7, 11) is 0. The van der Waals surface area contributed by atoms with Gasteiger partial charge in [-0.2, -0.15) is 0 Å². The smallest absolute Gasteiger partial charge is 0.0159 e. The first-order chi connectivity index (χ1) is 22.1. The van der Waals surface area contributed by atoms with Gasteiger partial charge in [-0.25, -0.2) is 0 Å². The van der Waals surface area contributed by atoms with E-state index in [-0.39, 0.29) is 10.8 Å². The molecule has 0 radical (unpaired) electrons. The zero-order valence-corrected chi connectivity index (χ0v) is 28.2. The Morgan fingerprint density at radius 2 is 0.717 bits per heavy atom. The molecule has 0 aromatic heterocycles. The highest BCUT2D eigenvalue weighted by molar-refractivity contribution is 7.80. The van der Waals surface area contributed by atoms with Crippen LogP contribution < -0.4 is 0 Å². The van der Waals surface area contributed by atoms with Gasteiger partial charge < -0.3 is 0 Å². The fourth-order valence-electron chi connectivity index (χ4n) is 8.49. The lowest BCUT2D eigenvalue weighted by Gasteiger charge is -2.25. The van der Waals surface area contributed by atoms with E-state index in [0.717, 1.165) is 9.79 Å². The molecule has 9 rings (SSSR count). The van der Waals surface area contributed by atoms with Crippen molar-refractivity contribution in [3.8, 4) is 44.5 Å². The number of rotatable bonds is 2. The minimum Gasteiger partial charge on any atom is -0.143 e. The Morgan fingerprint density at radius 1 is 0.370 bits per heavy atom. The maximum absolute atomic E-state index is 4.75. The van der Waals surface area contributed by atoms with Crippen molar-refractivity contribution in [2.24, 2.45) is 0 Å². The molecule has 2 heteroatoms. The highest BCUT2D eigenvalue weighted by Gasteiger charge is 2.38. The summed E-state index contributed by atoms with van der Waals surface area (Å²) in [6.07, 6.45) is 0. The predicted octanol–water partition coefficient (Wildman–Crippen LogP) is 12.5. The van der Waals surface area contributed by atoms with E-state index in [4.69, 9.17) is 25.3 Å². The Morgan fingerprint density at radius 3 is 1.11 bits per heavy atom. The minimum absolute atomic E-state index is 0.140. The van der Waals surface area contributed by atoms with Gasteiger partial charge in [0.1, 0.15) is 0 Å². The van der Waals surface area contributed by atoms with Crippen LogP contribution in [0.2, 0.25) is 0 Å². The Kier molecular flexibility index (Phi) is 5.87. The number of hydrogen-bond donors (Lipinski definition) is 2. The Labute approximate surface area is 282 Å². The van der Waals surface area contributed by atoms with Crippen LogP contribution in [0.5, 0.6) is 0 Å². The van der Waals surface area contributed by atoms with Gasteiger partial charge >= 0.3 is 0 Å². The third kappa shape index (κ3) is 3.78. The summed E-state index contributed by atoms with van der Waals surface area (Å²) in [6, 6.07) is 45.3. The van der Waals surface area contributed by atoms with Crippen molar-refractivity contribution in [1.82, 2.24) is 0 Å². The van der Waals surface area contributed by atoms with E-state index in [0.29, 0.717) is 0 Å². The number of thiol groups is 2. The maximum atomic E-state index is 4.75. The molecular weight excluding hydrogens is 593 g/mol. The van der Waals surface area contributed by atoms with Gasteiger partial charge in [0.25, 0.3) is 0 Å². The average Bonchev–Trinajstić information content (AvgIpc) is 3.40. The van der Waals surface area contributed by atoms with Gasteiger partial charge in [0.15, 0.2) is 0 Å². The standard InChI is InChI=1S/C44H34S2/c1-43(2)37-19-27(45)15-17-29(37)31-21-33-35(23-39(31)43)41(25-11-7-5-8-12-25)34-22-32-30-18-16-28(46)20-38(30)44(3,4)40(32)24-36(34)42(33)26-13-9-6-10-14-26/h5-24,45-46H,1-4H3. The topological polar surface area (TPSA) is 0 Å². The highest BCUT2D eigenvalue weighted by atomic mass is 32.1. The lowest BCUT2D eigenvalue weighted by Crippen LogP contribution is -2.15. The molecule has 7 aromatic rings. The molecule has 0 amide bonds. The second kappa shape index (κ2) is 9.64. The molecule has 0 unspecified atom stereocenters. The van der Waals surface area contributed by atoms with Crippen LogP contribution in [0.25, 0.3) is 66.1 Å². The van der Waals surface area contributed by atoms with Crippen molar-refractivity contribution in [2.75, 3.05) is 0 Å². The van der Waals surface area contributed by atoms with Crippen molar-refractivity contribution < 1.29 is 0 Å². The van der Waals surface area contributed by atoms with Crippen molar-refractivity contribution in [3.05, 3.63) is 144 Å². The quantitative estimate of drug-likeness (QED) is 0.138. The molecule has 0 nitrogen and oxygen atoms in total. The van der Waals surface area contributed by atoms with Gasteiger partial charge in [0.05, 0.1) is 0 Å². The fraction of sp³-hybridized carbons (Fsp3) is 0.136. The van der Waals surface area contributed by atoms with E-state index in [1.54, 1.807) is 0 Å². The maximum Gasteiger partial charge on any atom is 0.0159 e. The van der Waals surface area contributed by atoms with Crippen LogP contribution in [-0.4, -0.2) is 0 Å². The molecule has 0 N–H and O–H groups in total. The van der Waals surface area contributed by atoms with Crippen LogP contribution in [0.4, 0.5) is 0 Å². The monoisotopic (exact) mass is 626 g/mol. The van der Waals surface area contributed by atoms with Crippen LogP contribution >= 0.6 is 25.3 Å². The van der Waals surface area contributed by atoms with Crippen molar-refractivity contribution in [2.45, 2.75) is 48.3 Å². The molecule has 0 saturated carbocycles. The SMILES string of the molecule is CC1(C)c2cc(S)ccc2-c2cc3c(-c4ccccc4)c4cc5c(cc4c(-c4ccccc4)c3cc21)-c1ccc(S)cc1C5(C)C. The van der Waals surface area contributed by atoms with E-state index in [2.05, 4.69) is 149 Å². The molecule has 0 bridgehead atoms. The molecule has 46 heavy (non-hydrogen) atoms. The summed E-state index contributed by atoms with van der Waals surface area (Å²) < 4.78 is 0. The molecule has 0 fully saturated rings. The summed E-state index contributed by atoms with van der Waals surface area (Å²) in [4.78, 5) is 2.01. The summed E-state index contributed by atoms with van der Waals surface area (Å²) in [5, 5.41) is 5.18.